The normalized spacial score (nSPS) is 9.13. The summed E-state index contributed by atoms with van der Waals surface area (Å²) < 4.78 is 21.5. The molecule has 0 aromatic heterocycles. The monoisotopic (exact) mass is 232 g/mol. The molecule has 4 N–H and O–H groups in total. The summed E-state index contributed by atoms with van der Waals surface area (Å²) in [5.41, 5.74) is 5.52. The highest BCUT2D eigenvalue weighted by Crippen LogP contribution is 2.14. The summed E-state index contributed by atoms with van der Waals surface area (Å²) in [6, 6.07) is 6.06. The molecule has 0 spiro atoms. The second kappa shape index (κ2) is 8.26. The van der Waals surface area contributed by atoms with E-state index < -0.39 is 10.0 Å². The maximum Gasteiger partial charge on any atom is 0.240 e. The van der Waals surface area contributed by atoms with Crippen molar-refractivity contribution >= 4 is 15.7 Å². The Kier molecular flexibility index (Phi) is 9.01. The summed E-state index contributed by atoms with van der Waals surface area (Å²) in [5, 5.41) is 4.85. The smallest absolute Gasteiger partial charge is 0.240 e. The number of hydrogen-bond acceptors (Lipinski definition) is 3. The molecule has 4 nitrogen and oxygen atoms in total. The number of primary sulfonamides is 1. The van der Waals surface area contributed by atoms with E-state index in [2.05, 4.69) is 0 Å². The van der Waals surface area contributed by atoms with Crippen LogP contribution in [0, 0.1) is 0 Å². The highest BCUT2D eigenvalue weighted by atomic mass is 32.2. The van der Waals surface area contributed by atoms with E-state index in [1.54, 1.807) is 12.1 Å². The third kappa shape index (κ3) is 6.09. The minimum atomic E-state index is -3.66. The quantitative estimate of drug-likeness (QED) is 0.726. The van der Waals surface area contributed by atoms with Crippen molar-refractivity contribution in [2.45, 2.75) is 32.6 Å². The van der Waals surface area contributed by atoms with Crippen molar-refractivity contribution in [2.24, 2.45) is 5.14 Å². The van der Waals surface area contributed by atoms with Crippen molar-refractivity contribution in [3.63, 3.8) is 0 Å². The van der Waals surface area contributed by atoms with E-state index in [-0.39, 0.29) is 10.6 Å². The van der Waals surface area contributed by atoms with Crippen LogP contribution in [0.15, 0.2) is 29.2 Å². The fourth-order valence-electron chi connectivity index (χ4n) is 0.740. The molecule has 0 heterocycles. The van der Waals surface area contributed by atoms with Crippen LogP contribution in [0.2, 0.25) is 0 Å². The minimum absolute atomic E-state index is 0.0278. The van der Waals surface area contributed by atoms with E-state index in [0.717, 1.165) is 0 Å². The van der Waals surface area contributed by atoms with Crippen molar-refractivity contribution in [3.8, 4) is 0 Å². The molecule has 0 unspecified atom stereocenters. The number of nitrogen functional groups attached to an aromatic ring is 1. The summed E-state index contributed by atoms with van der Waals surface area (Å²) in [4.78, 5) is -0.0278. The van der Waals surface area contributed by atoms with Gasteiger partial charge in [0, 0.05) is 0 Å². The molecule has 88 valence electrons. The topological polar surface area (TPSA) is 86.2 Å². The molecule has 0 bridgehead atoms. The zero-order valence-electron chi connectivity index (χ0n) is 9.69. The predicted molar refractivity (Wildman–Crippen MR) is 64.9 cm³/mol. The first-order chi connectivity index (χ1) is 7.02. The van der Waals surface area contributed by atoms with Crippen molar-refractivity contribution in [2.75, 3.05) is 5.73 Å². The van der Waals surface area contributed by atoms with Crippen LogP contribution in [0.1, 0.15) is 27.7 Å². The van der Waals surface area contributed by atoms with Gasteiger partial charge in [0.15, 0.2) is 0 Å². The highest BCUT2D eigenvalue weighted by molar-refractivity contribution is 7.89. The van der Waals surface area contributed by atoms with Crippen LogP contribution in [0.5, 0.6) is 0 Å². The summed E-state index contributed by atoms with van der Waals surface area (Å²) in [7, 11) is -3.66. The largest absolute Gasteiger partial charge is 0.398 e. The van der Waals surface area contributed by atoms with Crippen molar-refractivity contribution in [1.82, 2.24) is 0 Å². The summed E-state index contributed by atoms with van der Waals surface area (Å²) in [6.45, 7) is 8.00. The second-order valence-electron chi connectivity index (χ2n) is 2.08. The molecule has 0 aliphatic heterocycles. The summed E-state index contributed by atoms with van der Waals surface area (Å²) >= 11 is 0. The number of sulfonamides is 1. The van der Waals surface area contributed by atoms with Crippen LogP contribution in [0.25, 0.3) is 0 Å². The molecular formula is C10H20N2O2S. The van der Waals surface area contributed by atoms with E-state index in [9.17, 15) is 8.42 Å². The summed E-state index contributed by atoms with van der Waals surface area (Å²) in [6.07, 6.45) is 0. The van der Waals surface area contributed by atoms with Crippen molar-refractivity contribution < 1.29 is 8.42 Å². The van der Waals surface area contributed by atoms with E-state index in [1.165, 1.54) is 12.1 Å². The highest BCUT2D eigenvalue weighted by Gasteiger charge is 2.09. The number of para-hydroxylation sites is 1. The Balaban J connectivity index is 0. The zero-order valence-corrected chi connectivity index (χ0v) is 10.5. The number of anilines is 1. The lowest BCUT2D eigenvalue weighted by Crippen LogP contribution is -2.13. The Labute approximate surface area is 92.3 Å². The van der Waals surface area contributed by atoms with Crippen LogP contribution < -0.4 is 10.9 Å². The first-order valence-corrected chi connectivity index (χ1v) is 6.44. The lowest BCUT2D eigenvalue weighted by atomic mass is 10.3. The van der Waals surface area contributed by atoms with Crippen LogP contribution in [-0.4, -0.2) is 8.42 Å². The van der Waals surface area contributed by atoms with Gasteiger partial charge in [-0.25, -0.2) is 13.6 Å². The molecule has 0 amide bonds. The molecule has 0 saturated carbocycles. The van der Waals surface area contributed by atoms with Gasteiger partial charge in [-0.2, -0.15) is 0 Å². The van der Waals surface area contributed by atoms with Gasteiger partial charge in [0.2, 0.25) is 10.0 Å². The standard InChI is InChI=1S/C6H8N2O2S.2C2H6/c7-5-3-1-2-4-6(5)11(8,9)10;2*1-2/h1-4H,7H2,(H2,8,9,10);2*1-2H3. The van der Waals surface area contributed by atoms with Crippen molar-refractivity contribution in [1.29, 1.82) is 0 Å². The fourth-order valence-corrected chi connectivity index (χ4v) is 1.40. The maximum absolute atomic E-state index is 10.8. The lowest BCUT2D eigenvalue weighted by Gasteiger charge is -2.00. The Morgan fingerprint density at radius 1 is 1.00 bits per heavy atom. The number of nitrogens with two attached hydrogens (primary N) is 2. The van der Waals surface area contributed by atoms with Gasteiger partial charge in [-0.3, -0.25) is 0 Å². The summed E-state index contributed by atoms with van der Waals surface area (Å²) in [5.74, 6) is 0. The third-order valence-electron chi connectivity index (χ3n) is 1.23. The molecule has 1 aromatic rings. The molecule has 0 saturated heterocycles. The molecule has 0 radical (unpaired) electrons. The second-order valence-corrected chi connectivity index (χ2v) is 3.61. The molecule has 0 aliphatic rings. The Hall–Kier alpha value is -1.07. The Bertz CT molecular complexity index is 361. The first-order valence-electron chi connectivity index (χ1n) is 4.89. The SMILES string of the molecule is CC.CC.Nc1ccccc1S(N)(=O)=O. The van der Waals surface area contributed by atoms with Gasteiger partial charge in [-0.15, -0.1) is 0 Å². The molecule has 15 heavy (non-hydrogen) atoms. The van der Waals surface area contributed by atoms with E-state index in [0.29, 0.717) is 0 Å². The van der Waals surface area contributed by atoms with Gasteiger partial charge in [-0.05, 0) is 12.1 Å². The van der Waals surface area contributed by atoms with Crippen molar-refractivity contribution in [3.05, 3.63) is 24.3 Å². The van der Waals surface area contributed by atoms with Gasteiger partial charge in [0.1, 0.15) is 4.90 Å². The lowest BCUT2D eigenvalue weighted by molar-refractivity contribution is 0.598. The predicted octanol–water partition coefficient (Wildman–Crippen LogP) is 1.97. The first kappa shape index (κ1) is 16.4. The van der Waals surface area contributed by atoms with Gasteiger partial charge in [0.05, 0.1) is 5.69 Å². The number of hydrogen-bond donors (Lipinski definition) is 2. The van der Waals surface area contributed by atoms with Gasteiger partial charge in [0.25, 0.3) is 0 Å². The minimum Gasteiger partial charge on any atom is -0.398 e. The van der Waals surface area contributed by atoms with Crippen LogP contribution >= 0.6 is 0 Å². The van der Waals surface area contributed by atoms with E-state index in [1.807, 2.05) is 27.7 Å². The molecule has 5 heteroatoms. The van der Waals surface area contributed by atoms with Gasteiger partial charge < -0.3 is 5.73 Å². The average Bonchev–Trinajstić information content (AvgIpc) is 2.23. The number of rotatable bonds is 1. The molecule has 0 atom stereocenters. The van der Waals surface area contributed by atoms with Gasteiger partial charge in [-0.1, -0.05) is 39.8 Å². The molecular weight excluding hydrogens is 212 g/mol. The van der Waals surface area contributed by atoms with E-state index in [4.69, 9.17) is 10.9 Å². The zero-order chi connectivity index (χ0) is 12.5. The third-order valence-corrected chi connectivity index (χ3v) is 2.21. The van der Waals surface area contributed by atoms with Crippen LogP contribution in [0.3, 0.4) is 0 Å². The number of benzene rings is 1. The van der Waals surface area contributed by atoms with E-state index >= 15 is 0 Å². The van der Waals surface area contributed by atoms with Crippen LogP contribution in [0.4, 0.5) is 5.69 Å². The molecule has 0 fully saturated rings. The molecule has 0 aliphatic carbocycles. The van der Waals surface area contributed by atoms with Gasteiger partial charge >= 0.3 is 0 Å². The Morgan fingerprint density at radius 2 is 1.40 bits per heavy atom. The Morgan fingerprint density at radius 3 is 1.67 bits per heavy atom. The maximum atomic E-state index is 10.8. The average molecular weight is 232 g/mol. The fraction of sp³-hybridized carbons (Fsp3) is 0.400. The van der Waals surface area contributed by atoms with Crippen LogP contribution in [-0.2, 0) is 10.0 Å². The molecule has 1 rings (SSSR count). The molecule has 1 aromatic carbocycles.